The average Bonchev–Trinajstić information content (AvgIpc) is 2.72. The number of anilines is 1. The number of fused-ring (bicyclic) bond motifs is 1. The van der Waals surface area contributed by atoms with Crippen molar-refractivity contribution in [1.82, 2.24) is 15.2 Å². The fraction of sp³-hybridized carbons (Fsp3) is 0.545. The van der Waals surface area contributed by atoms with Crippen LogP contribution in [0.4, 0.5) is 5.69 Å². The van der Waals surface area contributed by atoms with Crippen molar-refractivity contribution in [3.8, 4) is 6.07 Å². The maximum Gasteiger partial charge on any atom is 0.101 e. The lowest BCUT2D eigenvalue weighted by Crippen LogP contribution is -2.56. The Balaban J connectivity index is 1.54. The number of ether oxygens (including phenoxy) is 1. The third-order valence-corrected chi connectivity index (χ3v) is 5.83. The highest BCUT2D eigenvalue weighted by atomic mass is 16.5. The number of hydrogen-bond donors (Lipinski definition) is 1. The van der Waals surface area contributed by atoms with E-state index in [-0.39, 0.29) is 12.2 Å². The molecular weight excluding hydrogens is 350 g/mol. The number of piperazine rings is 1. The van der Waals surface area contributed by atoms with Crippen molar-refractivity contribution >= 4 is 16.6 Å². The Morgan fingerprint density at radius 1 is 1.29 bits per heavy atom. The first kappa shape index (κ1) is 19.1. The van der Waals surface area contributed by atoms with Gasteiger partial charge in [0.25, 0.3) is 0 Å². The number of rotatable bonds is 4. The first-order valence-corrected chi connectivity index (χ1v) is 10.3. The first-order valence-electron chi connectivity index (χ1n) is 10.3. The van der Waals surface area contributed by atoms with Crippen LogP contribution in [0.1, 0.15) is 25.8 Å². The molecule has 0 bridgehead atoms. The lowest BCUT2D eigenvalue weighted by atomic mass is 10.1. The van der Waals surface area contributed by atoms with Gasteiger partial charge in [-0.1, -0.05) is 6.92 Å². The summed E-state index contributed by atoms with van der Waals surface area (Å²) in [5.41, 5.74) is 2.56. The number of pyridine rings is 1. The predicted molar refractivity (Wildman–Crippen MR) is 112 cm³/mol. The van der Waals surface area contributed by atoms with E-state index in [1.54, 1.807) is 6.20 Å². The number of morpholine rings is 1. The van der Waals surface area contributed by atoms with Crippen LogP contribution in [-0.4, -0.2) is 67.4 Å². The smallest absolute Gasteiger partial charge is 0.101 e. The molecule has 0 spiro atoms. The first-order chi connectivity index (χ1) is 13.7. The van der Waals surface area contributed by atoms with Gasteiger partial charge in [0.2, 0.25) is 0 Å². The monoisotopic (exact) mass is 379 g/mol. The van der Waals surface area contributed by atoms with Crippen LogP contribution in [0.2, 0.25) is 0 Å². The van der Waals surface area contributed by atoms with Gasteiger partial charge in [0, 0.05) is 62.6 Å². The zero-order valence-electron chi connectivity index (χ0n) is 16.8. The zero-order chi connectivity index (χ0) is 19.5. The maximum atomic E-state index is 9.41. The second kappa shape index (κ2) is 8.44. The SMILES string of the molecule is CCC1CN(C[C@H]2CN(c3ccc(C#N)c4ncccc34)C[C@@H](C)O2)CCN1. The molecule has 2 aliphatic heterocycles. The van der Waals surface area contributed by atoms with Crippen molar-refractivity contribution in [3.63, 3.8) is 0 Å². The molecule has 2 aliphatic rings. The van der Waals surface area contributed by atoms with Crippen LogP contribution < -0.4 is 10.2 Å². The molecule has 0 radical (unpaired) electrons. The van der Waals surface area contributed by atoms with E-state index in [0.29, 0.717) is 11.6 Å². The normalized spacial score (nSPS) is 26.3. The number of nitrogens with zero attached hydrogens (tertiary/aromatic N) is 4. The average molecular weight is 380 g/mol. The highest BCUT2D eigenvalue weighted by Gasteiger charge is 2.29. The molecule has 1 unspecified atom stereocenters. The van der Waals surface area contributed by atoms with Crippen LogP contribution in [0.5, 0.6) is 0 Å². The number of nitrogens with one attached hydrogen (secondary N) is 1. The van der Waals surface area contributed by atoms with Gasteiger partial charge in [-0.05, 0) is 37.6 Å². The molecule has 148 valence electrons. The molecule has 2 aromatic rings. The van der Waals surface area contributed by atoms with E-state index in [4.69, 9.17) is 4.74 Å². The van der Waals surface area contributed by atoms with Gasteiger partial charge in [0.1, 0.15) is 6.07 Å². The predicted octanol–water partition coefficient (Wildman–Crippen LogP) is 2.38. The molecule has 0 saturated carbocycles. The number of benzene rings is 1. The van der Waals surface area contributed by atoms with Gasteiger partial charge >= 0.3 is 0 Å². The summed E-state index contributed by atoms with van der Waals surface area (Å²) in [7, 11) is 0. The Kier molecular flexibility index (Phi) is 5.77. The summed E-state index contributed by atoms with van der Waals surface area (Å²) < 4.78 is 6.29. The van der Waals surface area contributed by atoms with E-state index < -0.39 is 0 Å². The topological polar surface area (TPSA) is 64.4 Å². The molecule has 1 N–H and O–H groups in total. The molecule has 3 atom stereocenters. The van der Waals surface area contributed by atoms with Gasteiger partial charge in [0.15, 0.2) is 0 Å². The molecule has 28 heavy (non-hydrogen) atoms. The van der Waals surface area contributed by atoms with E-state index in [2.05, 4.69) is 52.2 Å². The third-order valence-electron chi connectivity index (χ3n) is 5.83. The molecule has 2 saturated heterocycles. The molecule has 1 aromatic carbocycles. The minimum Gasteiger partial charge on any atom is -0.370 e. The van der Waals surface area contributed by atoms with Crippen molar-refractivity contribution in [1.29, 1.82) is 5.26 Å². The summed E-state index contributed by atoms with van der Waals surface area (Å²) in [6.07, 6.45) is 3.27. The maximum absolute atomic E-state index is 9.41. The molecular formula is C22H29N5O. The van der Waals surface area contributed by atoms with E-state index in [0.717, 1.165) is 62.3 Å². The second-order valence-corrected chi connectivity index (χ2v) is 7.94. The summed E-state index contributed by atoms with van der Waals surface area (Å²) >= 11 is 0. The Morgan fingerprint density at radius 2 is 2.18 bits per heavy atom. The lowest BCUT2D eigenvalue weighted by Gasteiger charge is -2.42. The fourth-order valence-electron chi connectivity index (χ4n) is 4.49. The quantitative estimate of drug-likeness (QED) is 0.880. The molecule has 2 fully saturated rings. The van der Waals surface area contributed by atoms with Gasteiger partial charge in [-0.15, -0.1) is 0 Å². The second-order valence-electron chi connectivity index (χ2n) is 7.94. The summed E-state index contributed by atoms with van der Waals surface area (Å²) in [4.78, 5) is 9.40. The van der Waals surface area contributed by atoms with Crippen molar-refractivity contribution in [3.05, 3.63) is 36.0 Å². The number of aromatic nitrogens is 1. The lowest BCUT2D eigenvalue weighted by molar-refractivity contribution is -0.0353. The molecule has 0 aliphatic carbocycles. The minimum absolute atomic E-state index is 0.172. The van der Waals surface area contributed by atoms with Crippen molar-refractivity contribution in [2.45, 2.75) is 38.5 Å². The van der Waals surface area contributed by atoms with E-state index >= 15 is 0 Å². The number of nitriles is 1. The van der Waals surface area contributed by atoms with E-state index in [9.17, 15) is 5.26 Å². The summed E-state index contributed by atoms with van der Waals surface area (Å²) in [6, 6.07) is 10.8. The van der Waals surface area contributed by atoms with Gasteiger partial charge in [0.05, 0.1) is 23.3 Å². The van der Waals surface area contributed by atoms with E-state index in [1.807, 2.05) is 12.1 Å². The molecule has 1 aromatic heterocycles. The van der Waals surface area contributed by atoms with Gasteiger partial charge in [-0.3, -0.25) is 9.88 Å². The fourth-order valence-corrected chi connectivity index (χ4v) is 4.49. The van der Waals surface area contributed by atoms with Crippen molar-refractivity contribution in [2.24, 2.45) is 0 Å². The molecule has 6 nitrogen and oxygen atoms in total. The van der Waals surface area contributed by atoms with Crippen LogP contribution in [0.25, 0.3) is 10.9 Å². The summed E-state index contributed by atoms with van der Waals surface area (Å²) in [5.74, 6) is 0. The van der Waals surface area contributed by atoms with Crippen LogP contribution in [0, 0.1) is 11.3 Å². The molecule has 0 amide bonds. The number of hydrogen-bond acceptors (Lipinski definition) is 6. The Bertz CT molecular complexity index is 864. The highest BCUT2D eigenvalue weighted by molar-refractivity contribution is 5.95. The highest BCUT2D eigenvalue weighted by Crippen LogP contribution is 2.30. The zero-order valence-corrected chi connectivity index (χ0v) is 16.8. The van der Waals surface area contributed by atoms with Gasteiger partial charge in [-0.2, -0.15) is 5.26 Å². The Morgan fingerprint density at radius 3 is 3.00 bits per heavy atom. The van der Waals surface area contributed by atoms with Crippen LogP contribution >= 0.6 is 0 Å². The molecule has 3 heterocycles. The Labute approximate surface area is 167 Å². The minimum atomic E-state index is 0.172. The van der Waals surface area contributed by atoms with Crippen LogP contribution in [-0.2, 0) is 4.74 Å². The largest absolute Gasteiger partial charge is 0.370 e. The van der Waals surface area contributed by atoms with Gasteiger partial charge < -0.3 is 15.0 Å². The van der Waals surface area contributed by atoms with E-state index in [1.165, 1.54) is 0 Å². The Hall–Kier alpha value is -2.20. The molecule has 4 rings (SSSR count). The summed E-state index contributed by atoms with van der Waals surface area (Å²) in [5, 5.41) is 14.0. The van der Waals surface area contributed by atoms with Gasteiger partial charge in [-0.25, -0.2) is 0 Å². The summed E-state index contributed by atoms with van der Waals surface area (Å²) in [6.45, 7) is 10.3. The van der Waals surface area contributed by atoms with Crippen LogP contribution in [0.3, 0.4) is 0 Å². The van der Waals surface area contributed by atoms with Crippen molar-refractivity contribution < 1.29 is 4.74 Å². The third kappa shape index (κ3) is 3.97. The van der Waals surface area contributed by atoms with Crippen LogP contribution in [0.15, 0.2) is 30.5 Å². The molecule has 6 heteroatoms. The standard InChI is InChI=1S/C22H29N5O/c1-3-18-13-26(10-9-24-18)14-19-15-27(12-16(2)28-19)21-7-6-17(11-23)22-20(21)5-4-8-25-22/h4-8,16,18-19,24H,3,9-10,12-15H2,1-2H3/t16-,18?,19+/m1/s1. The van der Waals surface area contributed by atoms with Crippen molar-refractivity contribution in [2.75, 3.05) is 44.2 Å².